The summed E-state index contributed by atoms with van der Waals surface area (Å²) in [4.78, 5) is 11.9. The molecule has 2 rings (SSSR count). The highest BCUT2D eigenvalue weighted by atomic mass is 32.2. The molecule has 0 unspecified atom stereocenters. The van der Waals surface area contributed by atoms with Crippen LogP contribution in [0.1, 0.15) is 37.0 Å². The molecule has 0 heterocycles. The van der Waals surface area contributed by atoms with Gasteiger partial charge < -0.3 is 14.2 Å². The zero-order chi connectivity index (χ0) is 21.4. The summed E-state index contributed by atoms with van der Waals surface area (Å²) < 4.78 is 43.8. The highest BCUT2D eigenvalue weighted by Gasteiger charge is 2.28. The maximum atomic E-state index is 13.5. The van der Waals surface area contributed by atoms with E-state index in [1.165, 1.54) is 24.6 Å². The topological polar surface area (TPSA) is 82.1 Å². The molecule has 158 valence electrons. The Balaban J connectivity index is 2.50. The first-order valence-electron chi connectivity index (χ1n) is 9.41. The lowest BCUT2D eigenvalue weighted by molar-refractivity contribution is 0.0526. The fraction of sp³-hybridized carbons (Fsp3) is 0.381. The minimum absolute atomic E-state index is 0.0184. The Kier molecular flexibility index (Phi) is 7.90. The minimum Gasteiger partial charge on any atom is -0.497 e. The van der Waals surface area contributed by atoms with Crippen LogP contribution in [-0.4, -0.2) is 41.8 Å². The van der Waals surface area contributed by atoms with Crippen LogP contribution in [0.15, 0.2) is 47.4 Å². The molecule has 8 heteroatoms. The second-order valence-electron chi connectivity index (χ2n) is 6.21. The highest BCUT2D eigenvalue weighted by molar-refractivity contribution is 7.93. The zero-order valence-electron chi connectivity index (χ0n) is 17.2. The van der Waals surface area contributed by atoms with E-state index in [1.54, 1.807) is 43.3 Å². The summed E-state index contributed by atoms with van der Waals surface area (Å²) in [5.41, 5.74) is 0.818. The van der Waals surface area contributed by atoms with E-state index >= 15 is 0 Å². The quantitative estimate of drug-likeness (QED) is 0.542. The van der Waals surface area contributed by atoms with E-state index in [9.17, 15) is 13.2 Å². The Morgan fingerprint density at radius 1 is 1.00 bits per heavy atom. The second kappa shape index (κ2) is 10.2. The van der Waals surface area contributed by atoms with E-state index in [0.717, 1.165) is 6.42 Å². The molecule has 0 amide bonds. The van der Waals surface area contributed by atoms with Crippen LogP contribution in [0.25, 0.3) is 0 Å². The van der Waals surface area contributed by atoms with Crippen LogP contribution < -0.4 is 13.8 Å². The van der Waals surface area contributed by atoms with Crippen LogP contribution in [0.4, 0.5) is 5.69 Å². The van der Waals surface area contributed by atoms with Gasteiger partial charge in [0.05, 0.1) is 32.1 Å². The molecule has 0 fully saturated rings. The monoisotopic (exact) mass is 421 g/mol. The average Bonchev–Trinajstić information content (AvgIpc) is 2.74. The van der Waals surface area contributed by atoms with Gasteiger partial charge in [-0.3, -0.25) is 4.31 Å². The van der Waals surface area contributed by atoms with E-state index in [1.807, 2.05) is 6.92 Å². The summed E-state index contributed by atoms with van der Waals surface area (Å²) in [5, 5.41) is 0. The summed E-state index contributed by atoms with van der Waals surface area (Å²) in [6.07, 6.45) is 1.49. The number of rotatable bonds is 10. The van der Waals surface area contributed by atoms with Crippen LogP contribution in [0.3, 0.4) is 0 Å². The lowest BCUT2D eigenvalue weighted by atomic mass is 10.2. The Morgan fingerprint density at radius 3 is 2.24 bits per heavy atom. The van der Waals surface area contributed by atoms with Gasteiger partial charge >= 0.3 is 5.97 Å². The van der Waals surface area contributed by atoms with Crippen molar-refractivity contribution in [2.45, 2.75) is 31.6 Å². The average molecular weight is 422 g/mol. The third-order valence-corrected chi connectivity index (χ3v) is 6.17. The van der Waals surface area contributed by atoms with Crippen molar-refractivity contribution >= 4 is 21.7 Å². The van der Waals surface area contributed by atoms with Crippen LogP contribution >= 0.6 is 0 Å². The van der Waals surface area contributed by atoms with Crippen LogP contribution in [0.2, 0.25) is 0 Å². The number of carbonyl (C=O) groups excluding carboxylic acids is 1. The molecule has 0 aliphatic rings. The normalized spacial score (nSPS) is 11.0. The van der Waals surface area contributed by atoms with E-state index in [4.69, 9.17) is 14.2 Å². The van der Waals surface area contributed by atoms with Gasteiger partial charge in [0.25, 0.3) is 10.0 Å². The van der Waals surface area contributed by atoms with Gasteiger partial charge in [-0.15, -0.1) is 0 Å². The van der Waals surface area contributed by atoms with Crippen molar-refractivity contribution in [3.63, 3.8) is 0 Å². The Labute approximate surface area is 172 Å². The molecular formula is C21H27NO6S. The number of sulfonamides is 1. The van der Waals surface area contributed by atoms with Gasteiger partial charge in [-0.2, -0.15) is 0 Å². The lowest BCUT2D eigenvalue weighted by Gasteiger charge is -2.25. The molecule has 0 aromatic heterocycles. The first-order valence-corrected chi connectivity index (χ1v) is 10.8. The molecule has 0 spiro atoms. The molecule has 0 atom stereocenters. The molecule has 0 N–H and O–H groups in total. The molecule has 0 radical (unpaired) electrons. The Bertz CT molecular complexity index is 925. The Morgan fingerprint density at radius 2 is 1.69 bits per heavy atom. The van der Waals surface area contributed by atoms with Gasteiger partial charge in [-0.1, -0.05) is 13.3 Å². The maximum Gasteiger partial charge on any atom is 0.338 e. The predicted molar refractivity (Wildman–Crippen MR) is 111 cm³/mol. The molecule has 0 saturated carbocycles. The van der Waals surface area contributed by atoms with Crippen LogP contribution in [-0.2, 0) is 14.8 Å². The van der Waals surface area contributed by atoms with Gasteiger partial charge in [-0.25, -0.2) is 13.2 Å². The third kappa shape index (κ3) is 5.20. The van der Waals surface area contributed by atoms with Gasteiger partial charge in [0.15, 0.2) is 0 Å². The molecule has 0 aliphatic heterocycles. The number of methoxy groups -OCH3 is 2. The van der Waals surface area contributed by atoms with Crippen LogP contribution in [0, 0.1) is 0 Å². The number of unbranched alkanes of at least 4 members (excludes halogenated alkanes) is 1. The number of hydrogen-bond donors (Lipinski definition) is 0. The molecule has 29 heavy (non-hydrogen) atoms. The molecular weight excluding hydrogens is 394 g/mol. The molecule has 0 saturated heterocycles. The van der Waals surface area contributed by atoms with Gasteiger partial charge in [0.1, 0.15) is 16.4 Å². The van der Waals surface area contributed by atoms with Crippen molar-refractivity contribution < 1.29 is 27.4 Å². The van der Waals surface area contributed by atoms with E-state index < -0.39 is 16.0 Å². The van der Waals surface area contributed by atoms with Gasteiger partial charge in [-0.05, 0) is 49.7 Å². The fourth-order valence-electron chi connectivity index (χ4n) is 2.77. The summed E-state index contributed by atoms with van der Waals surface area (Å²) in [6.45, 7) is 4.28. The smallest absolute Gasteiger partial charge is 0.338 e. The van der Waals surface area contributed by atoms with Crippen molar-refractivity contribution in [2.75, 3.05) is 31.7 Å². The number of carbonyl (C=O) groups is 1. The van der Waals surface area contributed by atoms with Crippen molar-refractivity contribution in [3.8, 4) is 11.5 Å². The standard InChI is InChI=1S/C21H27NO6S/c1-5-7-14-22(17-10-8-16(9-11-17)21(23)28-6-2)29(24,25)20-15-18(26-3)12-13-19(20)27-4/h8-13,15H,5-7,14H2,1-4H3. The van der Waals surface area contributed by atoms with Crippen molar-refractivity contribution in [1.82, 2.24) is 0 Å². The largest absolute Gasteiger partial charge is 0.497 e. The molecule has 7 nitrogen and oxygen atoms in total. The Hall–Kier alpha value is -2.74. The van der Waals surface area contributed by atoms with E-state index in [-0.39, 0.29) is 23.8 Å². The van der Waals surface area contributed by atoms with Gasteiger partial charge in [0.2, 0.25) is 0 Å². The summed E-state index contributed by atoms with van der Waals surface area (Å²) in [5.74, 6) is 0.199. The third-order valence-electron chi connectivity index (χ3n) is 4.32. The summed E-state index contributed by atoms with van der Waals surface area (Å²) in [7, 11) is -1.04. The zero-order valence-corrected chi connectivity index (χ0v) is 18.0. The summed E-state index contributed by atoms with van der Waals surface area (Å²) >= 11 is 0. The number of ether oxygens (including phenoxy) is 3. The van der Waals surface area contributed by atoms with E-state index in [2.05, 4.69) is 0 Å². The van der Waals surface area contributed by atoms with Crippen LogP contribution in [0.5, 0.6) is 11.5 Å². The minimum atomic E-state index is -3.93. The highest BCUT2D eigenvalue weighted by Crippen LogP contribution is 2.33. The van der Waals surface area contributed by atoms with Crippen molar-refractivity contribution in [3.05, 3.63) is 48.0 Å². The number of anilines is 1. The number of hydrogen-bond acceptors (Lipinski definition) is 6. The number of esters is 1. The molecule has 2 aromatic carbocycles. The molecule has 2 aromatic rings. The first-order chi connectivity index (χ1) is 13.9. The number of nitrogens with zero attached hydrogens (tertiary/aromatic N) is 1. The number of benzene rings is 2. The van der Waals surface area contributed by atoms with Crippen molar-refractivity contribution in [1.29, 1.82) is 0 Å². The lowest BCUT2D eigenvalue weighted by Crippen LogP contribution is -2.32. The maximum absolute atomic E-state index is 13.5. The SMILES string of the molecule is CCCCN(c1ccc(C(=O)OCC)cc1)S(=O)(=O)c1cc(OC)ccc1OC. The first kappa shape index (κ1) is 22.5. The second-order valence-corrected chi connectivity index (χ2v) is 8.05. The predicted octanol–water partition coefficient (Wildman–Crippen LogP) is 3.88. The fourth-order valence-corrected chi connectivity index (χ4v) is 4.45. The van der Waals surface area contributed by atoms with Gasteiger partial charge in [0, 0.05) is 12.6 Å². The molecule has 0 bridgehead atoms. The van der Waals surface area contributed by atoms with E-state index in [0.29, 0.717) is 23.4 Å². The van der Waals surface area contributed by atoms with Crippen molar-refractivity contribution in [2.24, 2.45) is 0 Å². The summed E-state index contributed by atoms with van der Waals surface area (Å²) in [6, 6.07) is 11.0. The molecule has 0 aliphatic carbocycles.